The molecular formula is C64H44N2O. The first-order valence-corrected chi connectivity index (χ1v) is 22.8. The maximum Gasteiger partial charge on any atom is 0.161 e. The van der Waals surface area contributed by atoms with E-state index in [-0.39, 0.29) is 0 Å². The zero-order valence-electron chi connectivity index (χ0n) is 36.7. The van der Waals surface area contributed by atoms with E-state index in [1.54, 1.807) is 0 Å². The summed E-state index contributed by atoms with van der Waals surface area (Å²) in [5, 5.41) is 4.35. The second kappa shape index (κ2) is 17.2. The minimum atomic E-state index is 0.793. The van der Waals surface area contributed by atoms with Crippen molar-refractivity contribution in [2.45, 2.75) is 0 Å². The van der Waals surface area contributed by atoms with Crippen LogP contribution in [0.15, 0.2) is 271 Å². The topological polar surface area (TPSA) is 19.6 Å². The van der Waals surface area contributed by atoms with Crippen LogP contribution in [0.1, 0.15) is 0 Å². The van der Waals surface area contributed by atoms with Gasteiger partial charge >= 0.3 is 0 Å². The maximum absolute atomic E-state index is 7.34. The smallest absolute Gasteiger partial charge is 0.161 e. The second-order valence-electron chi connectivity index (χ2n) is 16.9. The molecular weight excluding hydrogens is 813 g/mol. The van der Waals surface area contributed by atoms with Crippen molar-refractivity contribution in [3.05, 3.63) is 267 Å². The molecule has 0 spiro atoms. The Balaban J connectivity index is 1.15. The zero-order chi connectivity index (χ0) is 44.5. The molecule has 0 saturated carbocycles. The Kier molecular flexibility index (Phi) is 10.2. The largest absolute Gasteiger partial charge is 0.454 e. The van der Waals surface area contributed by atoms with Crippen LogP contribution in [-0.4, -0.2) is 0 Å². The quantitative estimate of drug-likeness (QED) is 0.137. The van der Waals surface area contributed by atoms with Gasteiger partial charge in [0.25, 0.3) is 0 Å². The minimum absolute atomic E-state index is 0.793. The monoisotopic (exact) mass is 856 g/mol. The lowest BCUT2D eigenvalue weighted by Crippen LogP contribution is -2.14. The van der Waals surface area contributed by atoms with Gasteiger partial charge in [0, 0.05) is 27.9 Å². The van der Waals surface area contributed by atoms with E-state index in [0.29, 0.717) is 0 Å². The molecule has 0 bridgehead atoms. The summed E-state index contributed by atoms with van der Waals surface area (Å²) in [5.41, 5.74) is 16.9. The molecule has 316 valence electrons. The molecule has 1 aromatic heterocycles. The van der Waals surface area contributed by atoms with Crippen LogP contribution in [0.4, 0.5) is 34.1 Å². The summed E-state index contributed by atoms with van der Waals surface area (Å²) < 4.78 is 7.34. The van der Waals surface area contributed by atoms with E-state index >= 15 is 0 Å². The first kappa shape index (κ1) is 39.7. The van der Waals surface area contributed by atoms with Gasteiger partial charge < -0.3 is 14.2 Å². The van der Waals surface area contributed by atoms with E-state index in [1.165, 1.54) is 11.1 Å². The number of rotatable bonds is 10. The fourth-order valence-electron chi connectivity index (χ4n) is 9.64. The van der Waals surface area contributed by atoms with Crippen LogP contribution < -0.4 is 9.80 Å². The van der Waals surface area contributed by atoms with Gasteiger partial charge in [0.05, 0.1) is 28.1 Å². The van der Waals surface area contributed by atoms with Gasteiger partial charge in [0.2, 0.25) is 0 Å². The van der Waals surface area contributed by atoms with E-state index < -0.39 is 0 Å². The zero-order valence-corrected chi connectivity index (χ0v) is 36.7. The van der Waals surface area contributed by atoms with Crippen LogP contribution in [0.3, 0.4) is 0 Å². The Hall–Kier alpha value is -8.92. The molecule has 12 aromatic rings. The number of benzene rings is 11. The molecule has 0 aliphatic rings. The van der Waals surface area contributed by atoms with Gasteiger partial charge in [-0.2, -0.15) is 0 Å². The van der Waals surface area contributed by atoms with Gasteiger partial charge in [-0.1, -0.05) is 206 Å². The fourth-order valence-corrected chi connectivity index (χ4v) is 9.64. The summed E-state index contributed by atoms with van der Waals surface area (Å²) in [6, 6.07) is 95.4. The van der Waals surface area contributed by atoms with Crippen molar-refractivity contribution in [2.75, 3.05) is 9.80 Å². The summed E-state index contributed by atoms with van der Waals surface area (Å²) in [4.78, 5) is 4.80. The number of para-hydroxylation sites is 2. The third-order valence-corrected chi connectivity index (χ3v) is 12.9. The van der Waals surface area contributed by atoms with E-state index in [0.717, 1.165) is 100 Å². The summed E-state index contributed by atoms with van der Waals surface area (Å²) in [5.74, 6) is 0. The SMILES string of the molecule is c1ccc(-c2ccc(N(c3ccccc3-c3ccccc3)c3ccc(N(c4ccc(-c5ccccc5)cc4)c4ccccc4-c4ccccc4)c4c3oc3cc5ccccc5cc34)cc2)cc1. The van der Waals surface area contributed by atoms with Gasteiger partial charge in [-0.25, -0.2) is 0 Å². The number of anilines is 6. The molecule has 3 heteroatoms. The molecule has 0 aliphatic carbocycles. The Morgan fingerprint density at radius 2 is 0.642 bits per heavy atom. The van der Waals surface area contributed by atoms with Gasteiger partial charge in [-0.15, -0.1) is 0 Å². The number of hydrogen-bond acceptors (Lipinski definition) is 3. The van der Waals surface area contributed by atoms with E-state index in [1.807, 2.05) is 0 Å². The van der Waals surface area contributed by atoms with Crippen LogP contribution in [0.25, 0.3) is 77.2 Å². The summed E-state index contributed by atoms with van der Waals surface area (Å²) in [6.45, 7) is 0. The van der Waals surface area contributed by atoms with Crippen LogP contribution >= 0.6 is 0 Å². The van der Waals surface area contributed by atoms with Crippen LogP contribution in [0.2, 0.25) is 0 Å². The molecule has 0 fully saturated rings. The third kappa shape index (κ3) is 7.39. The molecule has 0 N–H and O–H groups in total. The first-order chi connectivity index (χ1) is 33.2. The number of hydrogen-bond donors (Lipinski definition) is 0. The summed E-state index contributed by atoms with van der Waals surface area (Å²) >= 11 is 0. The first-order valence-electron chi connectivity index (χ1n) is 22.8. The number of fused-ring (bicyclic) bond motifs is 4. The Morgan fingerprint density at radius 3 is 1.13 bits per heavy atom. The predicted molar refractivity (Wildman–Crippen MR) is 282 cm³/mol. The summed E-state index contributed by atoms with van der Waals surface area (Å²) in [7, 11) is 0. The van der Waals surface area contributed by atoms with Crippen molar-refractivity contribution < 1.29 is 4.42 Å². The minimum Gasteiger partial charge on any atom is -0.454 e. The average Bonchev–Trinajstić information content (AvgIpc) is 3.79. The van der Waals surface area contributed by atoms with Crippen molar-refractivity contribution in [3.8, 4) is 44.5 Å². The molecule has 67 heavy (non-hydrogen) atoms. The molecule has 3 nitrogen and oxygen atoms in total. The normalized spacial score (nSPS) is 11.3. The molecule has 11 aromatic carbocycles. The van der Waals surface area contributed by atoms with Crippen LogP contribution in [0.5, 0.6) is 0 Å². The Labute approximate surface area is 390 Å². The van der Waals surface area contributed by atoms with E-state index in [2.05, 4.69) is 277 Å². The lowest BCUT2D eigenvalue weighted by molar-refractivity contribution is 0.669. The lowest BCUT2D eigenvalue weighted by Gasteiger charge is -2.31. The van der Waals surface area contributed by atoms with Gasteiger partial charge in [-0.3, -0.25) is 0 Å². The van der Waals surface area contributed by atoms with Crippen LogP contribution in [-0.2, 0) is 0 Å². The molecule has 0 saturated heterocycles. The van der Waals surface area contributed by atoms with Crippen molar-refractivity contribution >= 4 is 66.8 Å². The highest BCUT2D eigenvalue weighted by atomic mass is 16.3. The third-order valence-electron chi connectivity index (χ3n) is 12.9. The molecule has 0 aliphatic heterocycles. The standard InChI is InChI=1S/C64H44N2O/c1-5-19-45(20-6-1)47-33-37-53(38-34-47)65(58-31-17-15-29-55(58)49-23-9-3-10-24-49)60-41-42-61(64-63(60)57-43-51-27-13-14-28-52(51)44-62(57)67-64)66(54-39-35-48(36-40-54)46-21-7-2-8-22-46)59-32-18-16-30-56(59)50-25-11-4-12-26-50/h1-44H. The predicted octanol–water partition coefficient (Wildman–Crippen LogP) is 18.3. The molecule has 0 atom stereocenters. The van der Waals surface area contributed by atoms with Gasteiger partial charge in [-0.05, 0) is 105 Å². The molecule has 0 amide bonds. The van der Waals surface area contributed by atoms with Crippen molar-refractivity contribution in [2.24, 2.45) is 0 Å². The average molecular weight is 857 g/mol. The molecule has 0 radical (unpaired) electrons. The maximum atomic E-state index is 7.34. The van der Waals surface area contributed by atoms with E-state index in [4.69, 9.17) is 4.42 Å². The van der Waals surface area contributed by atoms with Crippen molar-refractivity contribution in [1.29, 1.82) is 0 Å². The van der Waals surface area contributed by atoms with E-state index in [9.17, 15) is 0 Å². The lowest BCUT2D eigenvalue weighted by atomic mass is 9.98. The van der Waals surface area contributed by atoms with Gasteiger partial charge in [0.15, 0.2) is 5.58 Å². The van der Waals surface area contributed by atoms with Crippen molar-refractivity contribution in [1.82, 2.24) is 0 Å². The molecule has 0 unspecified atom stereocenters. The highest BCUT2D eigenvalue weighted by molar-refractivity contribution is 6.20. The fraction of sp³-hybridized carbons (Fsp3) is 0. The molecule has 1 heterocycles. The Bertz CT molecular complexity index is 3660. The van der Waals surface area contributed by atoms with Crippen molar-refractivity contribution in [3.63, 3.8) is 0 Å². The van der Waals surface area contributed by atoms with Gasteiger partial charge in [0.1, 0.15) is 5.58 Å². The number of furan rings is 1. The summed E-state index contributed by atoms with van der Waals surface area (Å²) in [6.07, 6.45) is 0. The highest BCUT2D eigenvalue weighted by Gasteiger charge is 2.28. The highest BCUT2D eigenvalue weighted by Crippen LogP contribution is 2.52. The number of nitrogens with zero attached hydrogens (tertiary/aromatic N) is 2. The Morgan fingerprint density at radius 1 is 0.269 bits per heavy atom. The molecule has 12 rings (SSSR count). The second-order valence-corrected chi connectivity index (χ2v) is 16.9. The van der Waals surface area contributed by atoms with Crippen LogP contribution in [0, 0.1) is 0 Å².